The van der Waals surface area contributed by atoms with Crippen molar-refractivity contribution in [3.63, 3.8) is 0 Å². The second kappa shape index (κ2) is 7.59. The van der Waals surface area contributed by atoms with Gasteiger partial charge in [0.05, 0.1) is 17.7 Å². The molecule has 1 aliphatic rings. The summed E-state index contributed by atoms with van der Waals surface area (Å²) in [5.41, 5.74) is 4.43. The van der Waals surface area contributed by atoms with Crippen molar-refractivity contribution < 1.29 is 0 Å². The van der Waals surface area contributed by atoms with Gasteiger partial charge in [-0.25, -0.2) is 9.98 Å². The molecule has 23 heavy (non-hydrogen) atoms. The maximum atomic E-state index is 4.83. The summed E-state index contributed by atoms with van der Waals surface area (Å²) in [6, 6.07) is 10.8. The van der Waals surface area contributed by atoms with Crippen LogP contribution in [-0.4, -0.2) is 35.5 Å². The number of hydrogen-bond acceptors (Lipinski definition) is 3. The summed E-state index contributed by atoms with van der Waals surface area (Å²) in [7, 11) is 0. The number of likely N-dealkylation sites (tertiary alicyclic amines) is 1. The lowest BCUT2D eigenvalue weighted by molar-refractivity contribution is 0.486. The third-order valence-corrected chi connectivity index (χ3v) is 5.23. The van der Waals surface area contributed by atoms with Crippen LogP contribution in [0, 0.1) is 6.92 Å². The van der Waals surface area contributed by atoms with E-state index in [1.807, 2.05) is 5.51 Å². The molecular formula is C18H24N4S. The number of thiazole rings is 1. The zero-order chi connectivity index (χ0) is 16.1. The van der Waals surface area contributed by atoms with Gasteiger partial charge in [-0.2, -0.15) is 0 Å². The molecule has 1 atom stereocenters. The summed E-state index contributed by atoms with van der Waals surface area (Å²) in [5.74, 6) is 1.63. The maximum absolute atomic E-state index is 4.83. The molecule has 0 bridgehead atoms. The zero-order valence-electron chi connectivity index (χ0n) is 13.8. The molecule has 2 heterocycles. The van der Waals surface area contributed by atoms with Gasteiger partial charge in [0.2, 0.25) is 0 Å². The molecule has 1 aromatic heterocycles. The molecule has 3 rings (SSSR count). The lowest BCUT2D eigenvalue weighted by atomic mass is 9.99. The van der Waals surface area contributed by atoms with Crippen molar-refractivity contribution in [1.82, 2.24) is 15.2 Å². The second-order valence-electron chi connectivity index (χ2n) is 5.87. The van der Waals surface area contributed by atoms with Crippen LogP contribution in [0.2, 0.25) is 0 Å². The number of guanidine groups is 1. The predicted octanol–water partition coefficient (Wildman–Crippen LogP) is 3.41. The normalized spacial score (nSPS) is 18.4. The van der Waals surface area contributed by atoms with Crippen molar-refractivity contribution in [2.45, 2.75) is 32.7 Å². The minimum absolute atomic E-state index is 0.602. The Morgan fingerprint density at radius 2 is 2.22 bits per heavy atom. The largest absolute Gasteiger partial charge is 0.357 e. The lowest BCUT2D eigenvalue weighted by Crippen LogP contribution is -2.40. The molecule has 122 valence electrons. The Morgan fingerprint density at radius 1 is 1.39 bits per heavy atom. The first-order chi connectivity index (χ1) is 11.3. The molecule has 1 saturated heterocycles. The fourth-order valence-corrected chi connectivity index (χ4v) is 3.70. The molecule has 1 aromatic carbocycles. The molecule has 1 unspecified atom stereocenters. The van der Waals surface area contributed by atoms with Gasteiger partial charge in [-0.3, -0.25) is 0 Å². The van der Waals surface area contributed by atoms with Crippen molar-refractivity contribution in [3.05, 3.63) is 52.0 Å². The van der Waals surface area contributed by atoms with E-state index in [0.29, 0.717) is 12.5 Å². The second-order valence-corrected chi connectivity index (χ2v) is 6.81. The Hall–Kier alpha value is -1.88. The Bertz CT molecular complexity index is 650. The topological polar surface area (TPSA) is 40.5 Å². The van der Waals surface area contributed by atoms with Crippen molar-refractivity contribution in [1.29, 1.82) is 0 Å². The first-order valence-electron chi connectivity index (χ1n) is 8.25. The number of rotatable bonds is 4. The number of aromatic nitrogens is 1. The summed E-state index contributed by atoms with van der Waals surface area (Å²) in [4.78, 5) is 12.8. The maximum Gasteiger partial charge on any atom is 0.194 e. The van der Waals surface area contributed by atoms with Crippen LogP contribution in [0.4, 0.5) is 0 Å². The summed E-state index contributed by atoms with van der Waals surface area (Å²) in [6.45, 7) is 7.89. The van der Waals surface area contributed by atoms with Crippen LogP contribution in [0.15, 0.2) is 40.8 Å². The molecule has 0 spiro atoms. The van der Waals surface area contributed by atoms with E-state index in [1.165, 1.54) is 16.9 Å². The molecule has 1 fully saturated rings. The number of nitrogens with one attached hydrogen (secondary N) is 1. The Labute approximate surface area is 142 Å². The van der Waals surface area contributed by atoms with Crippen LogP contribution >= 0.6 is 11.3 Å². The lowest BCUT2D eigenvalue weighted by Gasteiger charge is -2.21. The molecule has 0 radical (unpaired) electrons. The van der Waals surface area contributed by atoms with E-state index in [4.69, 9.17) is 4.99 Å². The Kier molecular flexibility index (Phi) is 5.28. The third kappa shape index (κ3) is 3.91. The smallest absolute Gasteiger partial charge is 0.194 e. The summed E-state index contributed by atoms with van der Waals surface area (Å²) < 4.78 is 0. The van der Waals surface area contributed by atoms with E-state index in [1.54, 1.807) is 11.3 Å². The van der Waals surface area contributed by atoms with Crippen LogP contribution in [0.1, 0.15) is 35.4 Å². The van der Waals surface area contributed by atoms with Gasteiger partial charge in [0.1, 0.15) is 0 Å². The number of hydrogen-bond donors (Lipinski definition) is 1. The SMILES string of the molecule is CCNC(=NCc1scnc1C)N1CCC(c2ccccc2)C1. The van der Waals surface area contributed by atoms with Gasteiger partial charge in [0, 0.05) is 30.4 Å². The van der Waals surface area contributed by atoms with E-state index in [9.17, 15) is 0 Å². The minimum atomic E-state index is 0.602. The van der Waals surface area contributed by atoms with Gasteiger partial charge in [-0.05, 0) is 25.8 Å². The molecule has 0 amide bonds. The minimum Gasteiger partial charge on any atom is -0.357 e. The molecule has 1 aliphatic heterocycles. The van der Waals surface area contributed by atoms with Crippen LogP contribution < -0.4 is 5.32 Å². The predicted molar refractivity (Wildman–Crippen MR) is 97.0 cm³/mol. The third-order valence-electron chi connectivity index (χ3n) is 4.31. The van der Waals surface area contributed by atoms with Gasteiger partial charge in [-0.1, -0.05) is 30.3 Å². The standard InChI is InChI=1S/C18H24N4S/c1-3-19-18(20-11-17-14(2)21-13-23-17)22-10-9-16(12-22)15-7-5-4-6-8-15/h4-8,13,16H,3,9-12H2,1-2H3,(H,19,20). The fourth-order valence-electron chi connectivity index (χ4n) is 3.00. The van der Waals surface area contributed by atoms with Crippen molar-refractivity contribution in [3.8, 4) is 0 Å². The molecule has 4 nitrogen and oxygen atoms in total. The highest BCUT2D eigenvalue weighted by Gasteiger charge is 2.25. The molecule has 5 heteroatoms. The van der Waals surface area contributed by atoms with E-state index in [-0.39, 0.29) is 0 Å². The number of aryl methyl sites for hydroxylation is 1. The van der Waals surface area contributed by atoms with Gasteiger partial charge in [0.25, 0.3) is 0 Å². The first-order valence-corrected chi connectivity index (χ1v) is 9.13. The monoisotopic (exact) mass is 328 g/mol. The van der Waals surface area contributed by atoms with E-state index < -0.39 is 0 Å². The molecular weight excluding hydrogens is 304 g/mol. The van der Waals surface area contributed by atoms with E-state index >= 15 is 0 Å². The highest BCUT2D eigenvalue weighted by Crippen LogP contribution is 2.27. The summed E-state index contributed by atoms with van der Waals surface area (Å²) in [6.07, 6.45) is 1.19. The summed E-state index contributed by atoms with van der Waals surface area (Å²) >= 11 is 1.69. The average Bonchev–Trinajstić information content (AvgIpc) is 3.22. The highest BCUT2D eigenvalue weighted by atomic mass is 32.1. The molecule has 2 aromatic rings. The van der Waals surface area contributed by atoms with Crippen LogP contribution in [0.3, 0.4) is 0 Å². The number of aliphatic imine (C=N–C) groups is 1. The van der Waals surface area contributed by atoms with E-state index in [0.717, 1.165) is 31.3 Å². The number of nitrogens with zero attached hydrogens (tertiary/aromatic N) is 3. The van der Waals surface area contributed by atoms with Crippen LogP contribution in [0.25, 0.3) is 0 Å². The number of benzene rings is 1. The molecule has 1 N–H and O–H groups in total. The highest BCUT2D eigenvalue weighted by molar-refractivity contribution is 7.09. The van der Waals surface area contributed by atoms with Gasteiger partial charge in [0.15, 0.2) is 5.96 Å². The molecule has 0 saturated carbocycles. The van der Waals surface area contributed by atoms with Gasteiger partial charge < -0.3 is 10.2 Å². The Balaban J connectivity index is 1.68. The summed E-state index contributed by atoms with van der Waals surface area (Å²) in [5, 5.41) is 3.44. The van der Waals surface area contributed by atoms with Crippen molar-refractivity contribution in [2.24, 2.45) is 4.99 Å². The van der Waals surface area contributed by atoms with Crippen LogP contribution in [0.5, 0.6) is 0 Å². The first kappa shape index (κ1) is 16.0. The zero-order valence-corrected chi connectivity index (χ0v) is 14.6. The van der Waals surface area contributed by atoms with E-state index in [2.05, 4.69) is 59.4 Å². The molecule has 0 aliphatic carbocycles. The van der Waals surface area contributed by atoms with Gasteiger partial charge in [-0.15, -0.1) is 11.3 Å². The van der Waals surface area contributed by atoms with Crippen molar-refractivity contribution in [2.75, 3.05) is 19.6 Å². The van der Waals surface area contributed by atoms with Crippen molar-refractivity contribution >= 4 is 17.3 Å². The van der Waals surface area contributed by atoms with Gasteiger partial charge >= 0.3 is 0 Å². The average molecular weight is 328 g/mol. The van der Waals surface area contributed by atoms with Crippen LogP contribution in [-0.2, 0) is 6.54 Å². The Morgan fingerprint density at radius 3 is 2.91 bits per heavy atom. The quantitative estimate of drug-likeness (QED) is 0.691. The fraction of sp³-hybridized carbons (Fsp3) is 0.444.